The van der Waals surface area contributed by atoms with Crippen LogP contribution in [0.25, 0.3) is 0 Å². The zero-order valence-corrected chi connectivity index (χ0v) is 15.0. The lowest BCUT2D eigenvalue weighted by Gasteiger charge is -2.58. The molecular weight excluding hydrogens is 286 g/mol. The molecule has 0 radical (unpaired) electrons. The van der Waals surface area contributed by atoms with E-state index in [1.54, 1.807) is 0 Å². The molecule has 4 unspecified atom stereocenters. The monoisotopic (exact) mass is 319 g/mol. The first kappa shape index (κ1) is 17.0. The second-order valence-corrected chi connectivity index (χ2v) is 8.66. The summed E-state index contributed by atoms with van der Waals surface area (Å²) in [7, 11) is 1.50. The van der Waals surface area contributed by atoms with Gasteiger partial charge in [-0.05, 0) is 79.6 Å². The molecule has 0 aliphatic heterocycles. The third-order valence-corrected chi connectivity index (χ3v) is 7.72. The second-order valence-electron chi connectivity index (χ2n) is 8.66. The van der Waals surface area contributed by atoms with Crippen molar-refractivity contribution < 1.29 is 9.53 Å². The van der Waals surface area contributed by atoms with Crippen molar-refractivity contribution in [3.05, 3.63) is 12.2 Å². The normalized spacial score (nSPS) is 45.4. The number of methoxy groups -OCH3 is 1. The molecule has 0 bridgehead atoms. The van der Waals surface area contributed by atoms with Crippen LogP contribution in [0.15, 0.2) is 12.2 Å². The van der Waals surface area contributed by atoms with Crippen LogP contribution in [0.5, 0.6) is 0 Å². The molecule has 2 saturated carbocycles. The largest absolute Gasteiger partial charge is 0.469 e. The van der Waals surface area contributed by atoms with Gasteiger partial charge in [0.15, 0.2) is 0 Å². The molecule has 3 aliphatic carbocycles. The van der Waals surface area contributed by atoms with Crippen molar-refractivity contribution in [3.8, 4) is 0 Å². The third-order valence-electron chi connectivity index (χ3n) is 7.72. The zero-order chi connectivity index (χ0) is 16.7. The number of nitrogens with two attached hydrogens (primary N) is 1. The maximum Gasteiger partial charge on any atom is 0.305 e. The van der Waals surface area contributed by atoms with Gasteiger partial charge in [0.25, 0.3) is 0 Å². The van der Waals surface area contributed by atoms with E-state index in [1.807, 2.05) is 0 Å². The van der Waals surface area contributed by atoms with Crippen molar-refractivity contribution in [1.29, 1.82) is 0 Å². The lowest BCUT2D eigenvalue weighted by molar-refractivity contribution is -0.147. The van der Waals surface area contributed by atoms with Gasteiger partial charge in [-0.1, -0.05) is 26.0 Å². The number of carbonyl (C=O) groups is 1. The minimum absolute atomic E-state index is 0.0557. The average Bonchev–Trinajstić information content (AvgIpc) is 2.92. The van der Waals surface area contributed by atoms with E-state index in [2.05, 4.69) is 26.0 Å². The van der Waals surface area contributed by atoms with Crippen molar-refractivity contribution in [2.24, 2.45) is 40.2 Å². The summed E-state index contributed by atoms with van der Waals surface area (Å²) in [6.07, 6.45) is 12.7. The van der Waals surface area contributed by atoms with Gasteiger partial charge < -0.3 is 10.5 Å². The topological polar surface area (TPSA) is 52.3 Å². The van der Waals surface area contributed by atoms with Crippen LogP contribution < -0.4 is 5.73 Å². The molecule has 0 heterocycles. The van der Waals surface area contributed by atoms with Crippen molar-refractivity contribution in [2.45, 2.75) is 58.8 Å². The Hall–Kier alpha value is -0.830. The summed E-state index contributed by atoms with van der Waals surface area (Å²) in [6, 6.07) is 0. The van der Waals surface area contributed by atoms with Crippen LogP contribution in [-0.4, -0.2) is 19.6 Å². The SMILES string of the molecule is COC(=O)C[C@@H]1CCC2C3CC=CC3(C)CC[C@@H]2C1(C)CCN. The molecule has 130 valence electrons. The fourth-order valence-electron chi connectivity index (χ4n) is 6.34. The summed E-state index contributed by atoms with van der Waals surface area (Å²) < 4.78 is 4.97. The zero-order valence-electron chi connectivity index (χ0n) is 15.0. The molecule has 0 saturated heterocycles. The quantitative estimate of drug-likeness (QED) is 0.631. The Morgan fingerprint density at radius 3 is 2.74 bits per heavy atom. The Morgan fingerprint density at radius 2 is 2.04 bits per heavy atom. The summed E-state index contributed by atoms with van der Waals surface area (Å²) >= 11 is 0. The second kappa shape index (κ2) is 6.23. The van der Waals surface area contributed by atoms with Crippen LogP contribution >= 0.6 is 0 Å². The molecule has 3 rings (SSSR count). The maximum atomic E-state index is 11.9. The van der Waals surface area contributed by atoms with Crippen LogP contribution in [0.4, 0.5) is 0 Å². The van der Waals surface area contributed by atoms with Crippen molar-refractivity contribution in [2.75, 3.05) is 13.7 Å². The summed E-state index contributed by atoms with van der Waals surface area (Å²) in [5.74, 6) is 2.69. The highest BCUT2D eigenvalue weighted by Gasteiger charge is 2.55. The van der Waals surface area contributed by atoms with Gasteiger partial charge >= 0.3 is 5.97 Å². The van der Waals surface area contributed by atoms with Crippen LogP contribution in [0, 0.1) is 34.5 Å². The lowest BCUT2D eigenvalue weighted by atomic mass is 9.46. The number of carbonyl (C=O) groups excluding carboxylic acids is 1. The van der Waals surface area contributed by atoms with Gasteiger partial charge in [-0.2, -0.15) is 0 Å². The Kier molecular flexibility index (Phi) is 4.61. The molecule has 0 spiro atoms. The summed E-state index contributed by atoms with van der Waals surface area (Å²) in [4.78, 5) is 11.9. The number of allylic oxidation sites excluding steroid dienone is 2. The minimum Gasteiger partial charge on any atom is -0.469 e. The Labute approximate surface area is 141 Å². The molecule has 3 aliphatic rings. The number of hydrogen-bond donors (Lipinski definition) is 1. The number of hydrogen-bond acceptors (Lipinski definition) is 3. The predicted molar refractivity (Wildman–Crippen MR) is 92.7 cm³/mol. The van der Waals surface area contributed by atoms with Crippen molar-refractivity contribution in [3.63, 3.8) is 0 Å². The molecular formula is C20H33NO2. The Bertz CT molecular complexity index is 488. The summed E-state index contributed by atoms with van der Waals surface area (Å²) in [5, 5.41) is 0. The highest BCUT2D eigenvalue weighted by molar-refractivity contribution is 5.69. The van der Waals surface area contributed by atoms with Crippen LogP contribution in [0.1, 0.15) is 58.8 Å². The first-order chi connectivity index (χ1) is 10.9. The molecule has 2 fully saturated rings. The van der Waals surface area contributed by atoms with E-state index < -0.39 is 0 Å². The fourth-order valence-corrected chi connectivity index (χ4v) is 6.34. The van der Waals surface area contributed by atoms with Crippen LogP contribution in [0.3, 0.4) is 0 Å². The van der Waals surface area contributed by atoms with E-state index in [0.717, 1.165) is 31.2 Å². The van der Waals surface area contributed by atoms with E-state index >= 15 is 0 Å². The molecule has 2 N–H and O–H groups in total. The van der Waals surface area contributed by atoms with E-state index in [9.17, 15) is 4.79 Å². The molecule has 6 atom stereocenters. The molecule has 0 aromatic rings. The van der Waals surface area contributed by atoms with Gasteiger partial charge in [0.05, 0.1) is 7.11 Å². The van der Waals surface area contributed by atoms with E-state index in [1.165, 1.54) is 32.8 Å². The fraction of sp³-hybridized carbons (Fsp3) is 0.850. The van der Waals surface area contributed by atoms with E-state index in [-0.39, 0.29) is 11.4 Å². The van der Waals surface area contributed by atoms with Gasteiger partial charge in [-0.15, -0.1) is 0 Å². The number of esters is 1. The molecule has 23 heavy (non-hydrogen) atoms. The maximum absolute atomic E-state index is 11.9. The third kappa shape index (κ3) is 2.75. The first-order valence-electron chi connectivity index (χ1n) is 9.39. The van der Waals surface area contributed by atoms with E-state index in [0.29, 0.717) is 23.7 Å². The van der Waals surface area contributed by atoms with Gasteiger partial charge in [0.2, 0.25) is 0 Å². The van der Waals surface area contributed by atoms with Crippen molar-refractivity contribution >= 4 is 5.97 Å². The van der Waals surface area contributed by atoms with Crippen molar-refractivity contribution in [1.82, 2.24) is 0 Å². The highest BCUT2D eigenvalue weighted by Crippen LogP contribution is 2.63. The standard InChI is InChI=1S/C20H33NO2/c1-19-9-4-5-16(19)15-7-6-14(13-18(22)23-3)20(2,11-12-21)17(15)8-10-19/h4,9,14-17H,5-8,10-13,21H2,1-3H3/t14-,15?,16?,17-,19?,20?/m0/s1. The number of rotatable bonds is 4. The lowest BCUT2D eigenvalue weighted by Crippen LogP contribution is -2.52. The number of fused-ring (bicyclic) bond motifs is 3. The minimum atomic E-state index is -0.0557. The predicted octanol–water partition coefficient (Wildman–Crippen LogP) is 3.92. The molecule has 3 nitrogen and oxygen atoms in total. The molecule has 0 aromatic heterocycles. The van der Waals surface area contributed by atoms with Crippen LogP contribution in [-0.2, 0) is 9.53 Å². The Morgan fingerprint density at radius 1 is 1.26 bits per heavy atom. The van der Waals surface area contributed by atoms with Gasteiger partial charge in [0, 0.05) is 6.42 Å². The summed E-state index contributed by atoms with van der Waals surface area (Å²) in [6.45, 7) is 5.59. The van der Waals surface area contributed by atoms with E-state index in [4.69, 9.17) is 10.5 Å². The smallest absolute Gasteiger partial charge is 0.305 e. The summed E-state index contributed by atoms with van der Waals surface area (Å²) in [5.41, 5.74) is 6.60. The van der Waals surface area contributed by atoms with Gasteiger partial charge in [-0.25, -0.2) is 0 Å². The van der Waals surface area contributed by atoms with Gasteiger partial charge in [-0.3, -0.25) is 4.79 Å². The molecule has 0 aromatic carbocycles. The van der Waals surface area contributed by atoms with Gasteiger partial charge in [0.1, 0.15) is 0 Å². The average molecular weight is 319 g/mol. The Balaban J connectivity index is 1.85. The van der Waals surface area contributed by atoms with Crippen LogP contribution in [0.2, 0.25) is 0 Å². The molecule has 0 amide bonds. The number of ether oxygens (including phenoxy) is 1. The first-order valence-corrected chi connectivity index (χ1v) is 9.39. The highest BCUT2D eigenvalue weighted by atomic mass is 16.5. The molecule has 3 heteroatoms.